The monoisotopic (exact) mass is 307 g/mol. The Bertz CT molecular complexity index is 304. The van der Waals surface area contributed by atoms with Crippen LogP contribution in [-0.4, -0.2) is 30.5 Å². The molecule has 0 aliphatic heterocycles. The van der Waals surface area contributed by atoms with Gasteiger partial charge in [-0.1, -0.05) is 0 Å². The fourth-order valence-corrected chi connectivity index (χ4v) is 2.63. The van der Waals surface area contributed by atoms with Crippen molar-refractivity contribution in [3.05, 3.63) is 20.8 Å². The van der Waals surface area contributed by atoms with Gasteiger partial charge in [-0.15, -0.1) is 11.3 Å². The van der Waals surface area contributed by atoms with E-state index in [1.807, 2.05) is 25.3 Å². The van der Waals surface area contributed by atoms with Crippen LogP contribution in [0.25, 0.3) is 0 Å². The zero-order valence-electron chi connectivity index (χ0n) is 9.57. The molecule has 1 atom stereocenters. The zero-order chi connectivity index (χ0) is 12.0. The maximum Gasteiger partial charge on any atom is 0.0897 e. The molecule has 0 radical (unpaired) electrons. The molecule has 5 heteroatoms. The van der Waals surface area contributed by atoms with Crippen LogP contribution in [0.5, 0.6) is 0 Å². The minimum atomic E-state index is -0.443. The molecule has 2 N–H and O–H groups in total. The first-order valence-corrected chi connectivity index (χ1v) is 6.99. The molecular formula is C11H18BrNO2S. The summed E-state index contributed by atoms with van der Waals surface area (Å²) in [6.07, 6.45) is -0.276. The van der Waals surface area contributed by atoms with Gasteiger partial charge < -0.3 is 15.2 Å². The molecule has 0 aromatic carbocycles. The number of halogens is 1. The van der Waals surface area contributed by atoms with Crippen LogP contribution in [0.1, 0.15) is 18.7 Å². The SMILES string of the molecule is CC(C)OCC(O)CNCc1sccc1Br. The summed E-state index contributed by atoms with van der Waals surface area (Å²) in [5.41, 5.74) is 0. The van der Waals surface area contributed by atoms with Gasteiger partial charge in [0, 0.05) is 22.4 Å². The molecule has 1 aromatic rings. The van der Waals surface area contributed by atoms with Gasteiger partial charge in [-0.2, -0.15) is 0 Å². The third-order valence-corrected chi connectivity index (χ3v) is 3.90. The van der Waals surface area contributed by atoms with Crippen molar-refractivity contribution in [1.29, 1.82) is 0 Å². The normalized spacial score (nSPS) is 13.3. The minimum Gasteiger partial charge on any atom is -0.389 e. The number of nitrogens with one attached hydrogen (secondary N) is 1. The molecular weight excluding hydrogens is 290 g/mol. The van der Waals surface area contributed by atoms with E-state index in [4.69, 9.17) is 4.74 Å². The Morgan fingerprint density at radius 3 is 2.88 bits per heavy atom. The van der Waals surface area contributed by atoms with Crippen molar-refractivity contribution in [2.75, 3.05) is 13.2 Å². The van der Waals surface area contributed by atoms with Crippen LogP contribution >= 0.6 is 27.3 Å². The number of thiophene rings is 1. The summed E-state index contributed by atoms with van der Waals surface area (Å²) in [4.78, 5) is 1.25. The summed E-state index contributed by atoms with van der Waals surface area (Å²) in [6, 6.07) is 2.03. The summed E-state index contributed by atoms with van der Waals surface area (Å²) in [7, 11) is 0. The Hall–Kier alpha value is 0.0600. The van der Waals surface area contributed by atoms with Crippen molar-refractivity contribution in [2.45, 2.75) is 32.6 Å². The summed E-state index contributed by atoms with van der Waals surface area (Å²) >= 11 is 5.16. The Morgan fingerprint density at radius 1 is 1.56 bits per heavy atom. The van der Waals surface area contributed by atoms with Gasteiger partial charge in [0.25, 0.3) is 0 Å². The van der Waals surface area contributed by atoms with Gasteiger partial charge in [-0.25, -0.2) is 0 Å². The average molecular weight is 308 g/mol. The molecule has 1 heterocycles. The maximum atomic E-state index is 9.60. The third kappa shape index (κ3) is 5.41. The van der Waals surface area contributed by atoms with Gasteiger partial charge in [0.15, 0.2) is 0 Å². The zero-order valence-corrected chi connectivity index (χ0v) is 12.0. The summed E-state index contributed by atoms with van der Waals surface area (Å²) in [6.45, 7) is 5.64. The number of aliphatic hydroxyl groups excluding tert-OH is 1. The number of hydrogen-bond donors (Lipinski definition) is 2. The third-order valence-electron chi connectivity index (χ3n) is 1.98. The lowest BCUT2D eigenvalue weighted by atomic mass is 10.3. The first kappa shape index (κ1) is 14.1. The Kier molecular flexibility index (Phi) is 6.53. The Balaban J connectivity index is 2.13. The molecule has 0 saturated carbocycles. The van der Waals surface area contributed by atoms with Crippen molar-refractivity contribution < 1.29 is 9.84 Å². The molecule has 0 aliphatic carbocycles. The second-order valence-corrected chi connectivity index (χ2v) is 5.71. The van der Waals surface area contributed by atoms with Crippen molar-refractivity contribution in [3.63, 3.8) is 0 Å². The number of rotatable bonds is 7. The van der Waals surface area contributed by atoms with Gasteiger partial charge in [0.05, 0.1) is 18.8 Å². The average Bonchev–Trinajstić information content (AvgIpc) is 2.61. The highest BCUT2D eigenvalue weighted by molar-refractivity contribution is 9.10. The van der Waals surface area contributed by atoms with Crippen molar-refractivity contribution in [1.82, 2.24) is 5.32 Å². The van der Waals surface area contributed by atoms with E-state index in [9.17, 15) is 5.11 Å². The molecule has 16 heavy (non-hydrogen) atoms. The maximum absolute atomic E-state index is 9.60. The minimum absolute atomic E-state index is 0.168. The first-order valence-electron chi connectivity index (χ1n) is 5.32. The lowest BCUT2D eigenvalue weighted by Gasteiger charge is -2.13. The van der Waals surface area contributed by atoms with E-state index in [0.717, 1.165) is 11.0 Å². The lowest BCUT2D eigenvalue weighted by molar-refractivity contribution is 0.00632. The van der Waals surface area contributed by atoms with Gasteiger partial charge in [-0.3, -0.25) is 0 Å². The number of ether oxygens (including phenoxy) is 1. The van der Waals surface area contributed by atoms with Crippen LogP contribution in [0.4, 0.5) is 0 Å². The highest BCUT2D eigenvalue weighted by Crippen LogP contribution is 2.21. The standard InChI is InChI=1S/C11H18BrNO2S/c1-8(2)15-7-9(14)5-13-6-11-10(12)3-4-16-11/h3-4,8-9,13-14H,5-7H2,1-2H3. The van der Waals surface area contributed by atoms with Crippen molar-refractivity contribution in [3.8, 4) is 0 Å². The van der Waals surface area contributed by atoms with Crippen molar-refractivity contribution in [2.24, 2.45) is 0 Å². The first-order chi connectivity index (χ1) is 7.59. The molecule has 92 valence electrons. The highest BCUT2D eigenvalue weighted by Gasteiger charge is 2.06. The molecule has 1 aromatic heterocycles. The van der Waals surface area contributed by atoms with E-state index in [1.165, 1.54) is 4.88 Å². The van der Waals surface area contributed by atoms with Gasteiger partial charge >= 0.3 is 0 Å². The van der Waals surface area contributed by atoms with Crippen LogP contribution in [0, 0.1) is 0 Å². The summed E-state index contributed by atoms with van der Waals surface area (Å²) in [5.74, 6) is 0. The molecule has 3 nitrogen and oxygen atoms in total. The lowest BCUT2D eigenvalue weighted by Crippen LogP contribution is -2.30. The second-order valence-electron chi connectivity index (χ2n) is 3.86. The van der Waals surface area contributed by atoms with E-state index >= 15 is 0 Å². The summed E-state index contributed by atoms with van der Waals surface area (Å²) < 4.78 is 6.44. The van der Waals surface area contributed by atoms with Gasteiger partial charge in [0.1, 0.15) is 0 Å². The Labute approximate surface area is 109 Å². The van der Waals surface area contributed by atoms with E-state index < -0.39 is 6.10 Å². The predicted octanol–water partition coefficient (Wildman–Crippen LogP) is 2.39. The molecule has 1 rings (SSSR count). The van der Waals surface area contributed by atoms with E-state index in [0.29, 0.717) is 13.2 Å². The smallest absolute Gasteiger partial charge is 0.0897 e. The topological polar surface area (TPSA) is 41.5 Å². The fourth-order valence-electron chi connectivity index (χ4n) is 1.17. The van der Waals surface area contributed by atoms with Crippen LogP contribution in [-0.2, 0) is 11.3 Å². The molecule has 0 aliphatic rings. The van der Waals surface area contributed by atoms with Crippen molar-refractivity contribution >= 4 is 27.3 Å². The quantitative estimate of drug-likeness (QED) is 0.813. The molecule has 0 amide bonds. The Morgan fingerprint density at radius 2 is 2.31 bits per heavy atom. The molecule has 1 unspecified atom stereocenters. The second kappa shape index (κ2) is 7.40. The molecule has 0 saturated heterocycles. The van der Waals surface area contributed by atoms with E-state index in [1.54, 1.807) is 11.3 Å². The van der Waals surface area contributed by atoms with E-state index in [-0.39, 0.29) is 6.10 Å². The predicted molar refractivity (Wildman–Crippen MR) is 70.8 cm³/mol. The van der Waals surface area contributed by atoms with Crippen LogP contribution in [0.2, 0.25) is 0 Å². The molecule has 0 bridgehead atoms. The van der Waals surface area contributed by atoms with Gasteiger partial charge in [0.2, 0.25) is 0 Å². The molecule has 0 spiro atoms. The van der Waals surface area contributed by atoms with Gasteiger partial charge in [-0.05, 0) is 41.2 Å². The largest absolute Gasteiger partial charge is 0.389 e. The highest BCUT2D eigenvalue weighted by atomic mass is 79.9. The fraction of sp³-hybridized carbons (Fsp3) is 0.636. The van der Waals surface area contributed by atoms with E-state index in [2.05, 4.69) is 21.2 Å². The number of hydrogen-bond acceptors (Lipinski definition) is 4. The van der Waals surface area contributed by atoms with Crippen LogP contribution < -0.4 is 5.32 Å². The summed E-state index contributed by atoms with van der Waals surface area (Å²) in [5, 5.41) is 14.8. The molecule has 0 fully saturated rings. The van der Waals surface area contributed by atoms with Crippen LogP contribution in [0.3, 0.4) is 0 Å². The van der Waals surface area contributed by atoms with Crippen LogP contribution in [0.15, 0.2) is 15.9 Å². The number of aliphatic hydroxyl groups is 1.